The molecule has 0 bridgehead atoms. The Bertz CT molecular complexity index is 653. The molecule has 4 heterocycles. The van der Waals surface area contributed by atoms with E-state index in [0.29, 0.717) is 19.1 Å². The highest BCUT2D eigenvalue weighted by Gasteiger charge is 2.29. The number of nitrogens with one attached hydrogen (secondary N) is 1. The van der Waals surface area contributed by atoms with Crippen molar-refractivity contribution in [1.29, 1.82) is 0 Å². The maximum absolute atomic E-state index is 12.6. The Morgan fingerprint density at radius 3 is 2.79 bits per heavy atom. The number of carbonyl (C=O) groups is 1. The van der Waals surface area contributed by atoms with E-state index in [4.69, 9.17) is 4.74 Å². The third-order valence-electron chi connectivity index (χ3n) is 5.22. The minimum Gasteiger partial charge on any atom is -0.378 e. The van der Waals surface area contributed by atoms with Crippen LogP contribution in [-0.2, 0) is 16.0 Å². The highest BCUT2D eigenvalue weighted by atomic mass is 32.1. The largest absolute Gasteiger partial charge is 0.378 e. The van der Waals surface area contributed by atoms with Crippen LogP contribution in [-0.4, -0.2) is 66.6 Å². The monoisotopic (exact) mass is 347 g/mol. The van der Waals surface area contributed by atoms with Crippen molar-refractivity contribution in [2.24, 2.45) is 5.92 Å². The van der Waals surface area contributed by atoms with E-state index < -0.39 is 0 Å². The summed E-state index contributed by atoms with van der Waals surface area (Å²) in [6.07, 6.45) is 5.11. The lowest BCUT2D eigenvalue weighted by molar-refractivity contribution is -0.141. The number of aromatic amines is 1. The zero-order chi connectivity index (χ0) is 16.4. The van der Waals surface area contributed by atoms with E-state index in [-0.39, 0.29) is 5.92 Å². The number of rotatable bonds is 4. The van der Waals surface area contributed by atoms with Crippen molar-refractivity contribution >= 4 is 27.5 Å². The standard InChI is InChI=1S/C18H25N3O2S/c22-18(21-9-11-23-12-10-21)14-2-6-20(7-3-14)8-4-16-13-15-1-5-19-17(15)24-16/h1,5,13-14,19H,2-4,6-12H2. The number of thiophene rings is 1. The maximum Gasteiger partial charge on any atom is 0.225 e. The fraction of sp³-hybridized carbons (Fsp3) is 0.611. The topological polar surface area (TPSA) is 48.6 Å². The molecule has 0 aliphatic carbocycles. The number of likely N-dealkylation sites (tertiary alicyclic amines) is 1. The van der Waals surface area contributed by atoms with Gasteiger partial charge < -0.3 is 19.5 Å². The molecule has 0 atom stereocenters. The van der Waals surface area contributed by atoms with E-state index in [1.165, 1.54) is 15.1 Å². The molecule has 4 rings (SSSR count). The van der Waals surface area contributed by atoms with Crippen LogP contribution in [0.4, 0.5) is 0 Å². The van der Waals surface area contributed by atoms with Crippen molar-refractivity contribution in [2.45, 2.75) is 19.3 Å². The van der Waals surface area contributed by atoms with E-state index in [2.05, 4.69) is 22.0 Å². The number of ether oxygens (including phenoxy) is 1. The summed E-state index contributed by atoms with van der Waals surface area (Å²) < 4.78 is 5.34. The zero-order valence-electron chi connectivity index (χ0n) is 14.0. The summed E-state index contributed by atoms with van der Waals surface area (Å²) in [5.41, 5.74) is 0. The molecule has 2 aromatic heterocycles. The van der Waals surface area contributed by atoms with Crippen molar-refractivity contribution in [2.75, 3.05) is 45.9 Å². The van der Waals surface area contributed by atoms with Crippen LogP contribution >= 0.6 is 11.3 Å². The van der Waals surface area contributed by atoms with Crippen LogP contribution < -0.4 is 0 Å². The number of H-pyrrole nitrogens is 1. The Morgan fingerprint density at radius 1 is 1.25 bits per heavy atom. The lowest BCUT2D eigenvalue weighted by Gasteiger charge is -2.35. The minimum absolute atomic E-state index is 0.222. The highest BCUT2D eigenvalue weighted by molar-refractivity contribution is 7.18. The van der Waals surface area contributed by atoms with Crippen LogP contribution in [0.1, 0.15) is 17.7 Å². The van der Waals surface area contributed by atoms with E-state index in [1.54, 1.807) is 0 Å². The molecular weight excluding hydrogens is 322 g/mol. The molecule has 24 heavy (non-hydrogen) atoms. The minimum atomic E-state index is 0.222. The normalized spacial score (nSPS) is 20.8. The maximum atomic E-state index is 12.6. The zero-order valence-corrected chi connectivity index (χ0v) is 14.8. The lowest BCUT2D eigenvalue weighted by Crippen LogP contribution is -2.47. The molecule has 5 nitrogen and oxygen atoms in total. The first-order valence-electron chi connectivity index (χ1n) is 8.94. The predicted molar refractivity (Wildman–Crippen MR) is 96.4 cm³/mol. The summed E-state index contributed by atoms with van der Waals surface area (Å²) in [6, 6.07) is 4.43. The number of carbonyl (C=O) groups excluding carboxylic acids is 1. The van der Waals surface area contributed by atoms with Crippen LogP contribution in [0, 0.1) is 5.92 Å². The third kappa shape index (κ3) is 3.50. The Balaban J connectivity index is 1.23. The summed E-state index contributed by atoms with van der Waals surface area (Å²) in [5.74, 6) is 0.574. The second-order valence-electron chi connectivity index (χ2n) is 6.78. The van der Waals surface area contributed by atoms with Gasteiger partial charge in [0.2, 0.25) is 5.91 Å². The van der Waals surface area contributed by atoms with Crippen LogP contribution in [0.25, 0.3) is 10.2 Å². The number of morpholine rings is 1. The van der Waals surface area contributed by atoms with Crippen LogP contribution in [0.3, 0.4) is 0 Å². The van der Waals surface area contributed by atoms with Crippen molar-refractivity contribution in [3.63, 3.8) is 0 Å². The van der Waals surface area contributed by atoms with E-state index in [9.17, 15) is 4.79 Å². The second-order valence-corrected chi connectivity index (χ2v) is 7.92. The number of hydrogen-bond donors (Lipinski definition) is 1. The molecule has 0 saturated carbocycles. The Hall–Kier alpha value is -1.37. The molecule has 0 radical (unpaired) electrons. The fourth-order valence-corrected chi connectivity index (χ4v) is 4.75. The molecule has 2 fully saturated rings. The van der Waals surface area contributed by atoms with Gasteiger partial charge in [0, 0.05) is 42.0 Å². The Kier molecular flexibility index (Phi) is 4.87. The van der Waals surface area contributed by atoms with Gasteiger partial charge in [-0.25, -0.2) is 0 Å². The van der Waals surface area contributed by atoms with Crippen LogP contribution in [0.2, 0.25) is 0 Å². The summed E-state index contributed by atoms with van der Waals surface area (Å²) in [7, 11) is 0. The number of hydrogen-bond acceptors (Lipinski definition) is 4. The average molecular weight is 347 g/mol. The molecule has 2 aliphatic heterocycles. The van der Waals surface area contributed by atoms with Gasteiger partial charge in [0.1, 0.15) is 0 Å². The van der Waals surface area contributed by atoms with Crippen molar-refractivity contribution < 1.29 is 9.53 Å². The molecule has 1 amide bonds. The van der Waals surface area contributed by atoms with Gasteiger partial charge in [0.05, 0.1) is 18.0 Å². The predicted octanol–water partition coefficient (Wildman–Crippen LogP) is 2.34. The van der Waals surface area contributed by atoms with Gasteiger partial charge in [0.15, 0.2) is 0 Å². The molecule has 0 aromatic carbocycles. The molecule has 6 heteroatoms. The van der Waals surface area contributed by atoms with Gasteiger partial charge >= 0.3 is 0 Å². The first-order valence-corrected chi connectivity index (χ1v) is 9.76. The number of fused-ring (bicyclic) bond motifs is 1. The first-order chi connectivity index (χ1) is 11.8. The molecular formula is C18H25N3O2S. The van der Waals surface area contributed by atoms with Crippen molar-refractivity contribution in [1.82, 2.24) is 14.8 Å². The first kappa shape index (κ1) is 16.1. The number of nitrogens with zero attached hydrogens (tertiary/aromatic N) is 2. The van der Waals surface area contributed by atoms with E-state index in [0.717, 1.165) is 52.0 Å². The van der Waals surface area contributed by atoms with Gasteiger partial charge in [-0.2, -0.15) is 0 Å². The van der Waals surface area contributed by atoms with E-state index >= 15 is 0 Å². The van der Waals surface area contributed by atoms with Crippen molar-refractivity contribution in [3.05, 3.63) is 23.2 Å². The summed E-state index contributed by atoms with van der Waals surface area (Å²) >= 11 is 1.86. The third-order valence-corrected chi connectivity index (χ3v) is 6.37. The Labute approximate surface area is 146 Å². The molecule has 2 aromatic rings. The van der Waals surface area contributed by atoms with Gasteiger partial charge in [-0.15, -0.1) is 11.3 Å². The fourth-order valence-electron chi connectivity index (χ4n) is 3.74. The van der Waals surface area contributed by atoms with Gasteiger partial charge in [0.25, 0.3) is 0 Å². The molecule has 0 unspecified atom stereocenters. The molecule has 2 aliphatic rings. The summed E-state index contributed by atoms with van der Waals surface area (Å²) in [6.45, 7) is 6.11. The molecule has 1 N–H and O–H groups in total. The van der Waals surface area contributed by atoms with Crippen LogP contribution in [0.15, 0.2) is 18.3 Å². The number of amides is 1. The molecule has 0 spiro atoms. The summed E-state index contributed by atoms with van der Waals surface area (Å²) in [4.78, 5) is 23.1. The molecule has 2 saturated heterocycles. The number of piperidine rings is 1. The lowest BCUT2D eigenvalue weighted by atomic mass is 9.95. The van der Waals surface area contributed by atoms with E-state index in [1.807, 2.05) is 22.4 Å². The summed E-state index contributed by atoms with van der Waals surface area (Å²) in [5, 5.41) is 1.32. The smallest absolute Gasteiger partial charge is 0.225 e. The molecule has 130 valence electrons. The van der Waals surface area contributed by atoms with Gasteiger partial charge in [-0.3, -0.25) is 4.79 Å². The van der Waals surface area contributed by atoms with Gasteiger partial charge in [-0.05, 0) is 44.5 Å². The average Bonchev–Trinajstić information content (AvgIpc) is 3.22. The Morgan fingerprint density at radius 2 is 2.04 bits per heavy atom. The number of aromatic nitrogens is 1. The SMILES string of the molecule is O=C(C1CCN(CCc2cc3cc[nH]c3s2)CC1)N1CCOCC1. The van der Waals surface area contributed by atoms with Gasteiger partial charge in [-0.1, -0.05) is 0 Å². The van der Waals surface area contributed by atoms with Crippen LogP contribution in [0.5, 0.6) is 0 Å². The highest BCUT2D eigenvalue weighted by Crippen LogP contribution is 2.25. The second kappa shape index (κ2) is 7.25. The van der Waals surface area contributed by atoms with Crippen molar-refractivity contribution in [3.8, 4) is 0 Å². The quantitative estimate of drug-likeness (QED) is 0.924.